The number of pyridine rings is 1. The number of halogens is 1. The molecule has 0 spiro atoms. The quantitative estimate of drug-likeness (QED) is 0.772. The van der Waals surface area contributed by atoms with Crippen LogP contribution in [-0.4, -0.2) is 15.5 Å². The third-order valence-corrected chi connectivity index (χ3v) is 2.41. The van der Waals surface area contributed by atoms with Crippen LogP contribution in [0.25, 0.3) is 5.52 Å². The second-order valence-electron chi connectivity index (χ2n) is 2.99. The smallest absolute Gasteiger partial charge is 0.336 e. The molecule has 0 aliphatic carbocycles. The lowest BCUT2D eigenvalue weighted by atomic mass is 10.1. The summed E-state index contributed by atoms with van der Waals surface area (Å²) < 4.78 is 1.85. The maximum atomic E-state index is 10.9. The third kappa shape index (κ3) is 1.36. The summed E-state index contributed by atoms with van der Waals surface area (Å²) in [7, 11) is 0. The van der Waals surface area contributed by atoms with Gasteiger partial charge in [-0.05, 0) is 23.8 Å². The fourth-order valence-electron chi connectivity index (χ4n) is 1.43. The van der Waals surface area contributed by atoms with Gasteiger partial charge in [0.15, 0.2) is 0 Å². The van der Waals surface area contributed by atoms with Gasteiger partial charge in [0.1, 0.15) is 0 Å². The van der Waals surface area contributed by atoms with Crippen LogP contribution in [0.4, 0.5) is 0 Å². The van der Waals surface area contributed by atoms with Crippen LogP contribution in [0.2, 0.25) is 0 Å². The molecule has 0 saturated carbocycles. The molecule has 0 radical (unpaired) electrons. The first-order valence-electron chi connectivity index (χ1n) is 4.11. The summed E-state index contributed by atoms with van der Waals surface area (Å²) in [6, 6.07) is 5.34. The number of fused-ring (bicyclic) bond motifs is 1. The number of nitrogens with zero attached hydrogens (tertiary/aromatic N) is 1. The highest BCUT2D eigenvalue weighted by Gasteiger charge is 2.10. The van der Waals surface area contributed by atoms with Crippen molar-refractivity contribution in [3.63, 3.8) is 0 Å². The molecule has 2 heterocycles. The first-order valence-corrected chi connectivity index (χ1v) is 4.64. The molecule has 3 nitrogen and oxygen atoms in total. The van der Waals surface area contributed by atoms with E-state index in [1.54, 1.807) is 12.3 Å². The van der Waals surface area contributed by atoms with Crippen molar-refractivity contribution in [3.05, 3.63) is 41.7 Å². The van der Waals surface area contributed by atoms with E-state index in [-0.39, 0.29) is 11.4 Å². The van der Waals surface area contributed by atoms with Crippen LogP contribution in [0.1, 0.15) is 15.9 Å². The molecule has 72 valence electrons. The van der Waals surface area contributed by atoms with Gasteiger partial charge < -0.3 is 9.51 Å². The number of alkyl halides is 1. The third-order valence-electron chi connectivity index (χ3n) is 2.12. The molecule has 0 fully saturated rings. The Hall–Kier alpha value is -1.48. The molecule has 14 heavy (non-hydrogen) atoms. The second kappa shape index (κ2) is 3.35. The van der Waals surface area contributed by atoms with Gasteiger partial charge >= 0.3 is 5.97 Å². The van der Waals surface area contributed by atoms with Crippen LogP contribution < -0.4 is 0 Å². The molecule has 2 rings (SSSR count). The van der Waals surface area contributed by atoms with Gasteiger partial charge in [-0.1, -0.05) is 0 Å². The number of hydrogen-bond acceptors (Lipinski definition) is 1. The zero-order valence-electron chi connectivity index (χ0n) is 7.27. The van der Waals surface area contributed by atoms with Gasteiger partial charge in [0, 0.05) is 23.8 Å². The van der Waals surface area contributed by atoms with E-state index in [9.17, 15) is 4.79 Å². The maximum Gasteiger partial charge on any atom is 0.336 e. The van der Waals surface area contributed by atoms with Crippen molar-refractivity contribution in [1.82, 2.24) is 4.40 Å². The van der Waals surface area contributed by atoms with Crippen LogP contribution in [-0.2, 0) is 5.88 Å². The molecular weight excluding hydrogens is 202 g/mol. The zero-order chi connectivity index (χ0) is 10.1. The minimum absolute atomic E-state index is 0.204. The van der Waals surface area contributed by atoms with Crippen molar-refractivity contribution in [1.29, 1.82) is 0 Å². The van der Waals surface area contributed by atoms with E-state index in [4.69, 9.17) is 16.7 Å². The average Bonchev–Trinajstić information content (AvgIpc) is 2.62. The van der Waals surface area contributed by atoms with Gasteiger partial charge in [-0.15, -0.1) is 11.6 Å². The predicted octanol–water partition coefficient (Wildman–Crippen LogP) is 2.38. The SMILES string of the molecule is O=C(O)c1cc2cccn2cc1CCl. The first kappa shape index (κ1) is 9.09. The fourth-order valence-corrected chi connectivity index (χ4v) is 1.64. The van der Waals surface area contributed by atoms with Gasteiger partial charge in [0.2, 0.25) is 0 Å². The number of carboxylic acids is 1. The minimum atomic E-state index is -0.940. The number of carboxylic acid groups (broad SMARTS) is 1. The lowest BCUT2D eigenvalue weighted by molar-refractivity contribution is 0.0696. The van der Waals surface area contributed by atoms with E-state index in [1.807, 2.05) is 22.7 Å². The Bertz CT molecular complexity index is 490. The normalized spacial score (nSPS) is 10.6. The van der Waals surface area contributed by atoms with Gasteiger partial charge in [0.05, 0.1) is 5.56 Å². The standard InChI is InChI=1S/C10H8ClNO2/c11-5-7-6-12-3-1-2-8(12)4-9(7)10(13)14/h1-4,6H,5H2,(H,13,14). The Morgan fingerprint density at radius 3 is 3.00 bits per heavy atom. The van der Waals surface area contributed by atoms with Gasteiger partial charge in [-0.2, -0.15) is 0 Å². The lowest BCUT2D eigenvalue weighted by Crippen LogP contribution is -2.02. The summed E-state index contributed by atoms with van der Waals surface area (Å²) in [5.74, 6) is -0.736. The number of aromatic nitrogens is 1. The summed E-state index contributed by atoms with van der Waals surface area (Å²) in [6.45, 7) is 0. The van der Waals surface area contributed by atoms with Crippen molar-refractivity contribution >= 4 is 23.1 Å². The van der Waals surface area contributed by atoms with Crippen molar-refractivity contribution in [2.45, 2.75) is 5.88 Å². The molecule has 2 aromatic rings. The molecule has 0 aromatic carbocycles. The summed E-state index contributed by atoms with van der Waals surface area (Å²) in [4.78, 5) is 10.9. The zero-order valence-corrected chi connectivity index (χ0v) is 8.03. The number of hydrogen-bond donors (Lipinski definition) is 1. The van der Waals surface area contributed by atoms with E-state index in [1.165, 1.54) is 0 Å². The van der Waals surface area contributed by atoms with E-state index in [0.29, 0.717) is 5.56 Å². The Balaban J connectivity index is 2.72. The highest BCUT2D eigenvalue weighted by atomic mass is 35.5. The molecule has 0 aliphatic heterocycles. The van der Waals surface area contributed by atoms with Gasteiger partial charge in [-0.25, -0.2) is 4.79 Å². The van der Waals surface area contributed by atoms with Crippen LogP contribution in [0.5, 0.6) is 0 Å². The van der Waals surface area contributed by atoms with Crippen LogP contribution in [0.3, 0.4) is 0 Å². The summed E-state index contributed by atoms with van der Waals surface area (Å²) in [6.07, 6.45) is 3.60. The number of aromatic carboxylic acids is 1. The molecule has 4 heteroatoms. The van der Waals surface area contributed by atoms with Crippen molar-refractivity contribution in [2.24, 2.45) is 0 Å². The first-order chi connectivity index (χ1) is 6.72. The van der Waals surface area contributed by atoms with E-state index in [2.05, 4.69) is 0 Å². The fraction of sp³-hybridized carbons (Fsp3) is 0.100. The minimum Gasteiger partial charge on any atom is -0.478 e. The molecule has 0 amide bonds. The summed E-state index contributed by atoms with van der Waals surface area (Å²) in [5.41, 5.74) is 1.75. The molecule has 0 bridgehead atoms. The second-order valence-corrected chi connectivity index (χ2v) is 3.26. The molecule has 0 unspecified atom stereocenters. The van der Waals surface area contributed by atoms with Crippen LogP contribution >= 0.6 is 11.6 Å². The summed E-state index contributed by atoms with van der Waals surface area (Å²) in [5, 5.41) is 8.93. The maximum absolute atomic E-state index is 10.9. The topological polar surface area (TPSA) is 41.7 Å². The average molecular weight is 210 g/mol. The molecule has 0 saturated heterocycles. The predicted molar refractivity (Wildman–Crippen MR) is 53.9 cm³/mol. The molecule has 1 N–H and O–H groups in total. The summed E-state index contributed by atoms with van der Waals surface area (Å²) >= 11 is 5.67. The molecular formula is C10H8ClNO2. The Morgan fingerprint density at radius 1 is 1.57 bits per heavy atom. The Morgan fingerprint density at radius 2 is 2.36 bits per heavy atom. The van der Waals surface area contributed by atoms with Gasteiger partial charge in [0.25, 0.3) is 0 Å². The van der Waals surface area contributed by atoms with E-state index < -0.39 is 5.97 Å². The highest BCUT2D eigenvalue weighted by Crippen LogP contribution is 2.15. The van der Waals surface area contributed by atoms with E-state index in [0.717, 1.165) is 5.52 Å². The van der Waals surface area contributed by atoms with Crippen molar-refractivity contribution in [2.75, 3.05) is 0 Å². The molecule has 2 aromatic heterocycles. The van der Waals surface area contributed by atoms with Crippen molar-refractivity contribution in [3.8, 4) is 0 Å². The highest BCUT2D eigenvalue weighted by molar-refractivity contribution is 6.17. The Labute approximate surface area is 85.5 Å². The lowest BCUT2D eigenvalue weighted by Gasteiger charge is -2.04. The monoisotopic (exact) mass is 209 g/mol. The Kier molecular flexibility index (Phi) is 2.17. The van der Waals surface area contributed by atoms with Gasteiger partial charge in [-0.3, -0.25) is 0 Å². The number of carbonyl (C=O) groups is 1. The molecule has 0 aliphatic rings. The van der Waals surface area contributed by atoms with E-state index >= 15 is 0 Å². The largest absolute Gasteiger partial charge is 0.478 e. The molecule has 0 atom stereocenters. The van der Waals surface area contributed by atoms with Crippen LogP contribution in [0.15, 0.2) is 30.6 Å². The van der Waals surface area contributed by atoms with Crippen molar-refractivity contribution < 1.29 is 9.90 Å². The number of rotatable bonds is 2. The van der Waals surface area contributed by atoms with Crippen LogP contribution in [0, 0.1) is 0 Å².